The molecule has 1 aromatic rings. The molecule has 5 nitrogen and oxygen atoms in total. The molecule has 0 atom stereocenters. The van der Waals surface area contributed by atoms with Gasteiger partial charge in [-0.2, -0.15) is 4.31 Å². The third-order valence-electron chi connectivity index (χ3n) is 3.73. The maximum absolute atomic E-state index is 12.7. The molecular weight excluding hydrogens is 324 g/mol. The quantitative estimate of drug-likeness (QED) is 0.610. The lowest BCUT2D eigenvalue weighted by Crippen LogP contribution is -2.32. The highest BCUT2D eigenvalue weighted by Crippen LogP contribution is 2.19. The third kappa shape index (κ3) is 6.24. The Morgan fingerprint density at radius 3 is 2.04 bits per heavy atom. The molecule has 0 aromatic heterocycles. The molecule has 0 spiro atoms. The zero-order valence-corrected chi connectivity index (χ0v) is 15.9. The summed E-state index contributed by atoms with van der Waals surface area (Å²) in [5.74, 6) is -0.0300. The Bertz CT molecular complexity index is 591. The van der Waals surface area contributed by atoms with E-state index < -0.39 is 10.0 Å². The SMILES string of the molecule is CCCCCC(=O)Nc1ccc(S(=O)(=O)N(CCC)CCC)cc1. The van der Waals surface area contributed by atoms with Gasteiger partial charge < -0.3 is 5.32 Å². The highest BCUT2D eigenvalue weighted by molar-refractivity contribution is 7.89. The molecule has 1 amide bonds. The van der Waals surface area contributed by atoms with Gasteiger partial charge in [0.05, 0.1) is 4.90 Å². The standard InChI is InChI=1S/C18H30N2O3S/c1-4-7-8-9-18(21)19-16-10-12-17(13-11-16)24(22,23)20(14-5-2)15-6-3/h10-13H,4-9,14-15H2,1-3H3,(H,19,21). The highest BCUT2D eigenvalue weighted by Gasteiger charge is 2.22. The van der Waals surface area contributed by atoms with Crippen LogP contribution in [0.4, 0.5) is 5.69 Å². The largest absolute Gasteiger partial charge is 0.326 e. The van der Waals surface area contributed by atoms with E-state index in [1.807, 2.05) is 13.8 Å². The van der Waals surface area contributed by atoms with Crippen molar-refractivity contribution in [2.45, 2.75) is 64.2 Å². The fraction of sp³-hybridized carbons (Fsp3) is 0.611. The molecule has 0 fully saturated rings. The van der Waals surface area contributed by atoms with E-state index in [0.29, 0.717) is 25.2 Å². The van der Waals surface area contributed by atoms with Crippen molar-refractivity contribution in [2.75, 3.05) is 18.4 Å². The number of carbonyl (C=O) groups excluding carboxylic acids is 1. The van der Waals surface area contributed by atoms with E-state index in [1.54, 1.807) is 24.3 Å². The predicted molar refractivity (Wildman–Crippen MR) is 98.6 cm³/mol. The fourth-order valence-electron chi connectivity index (χ4n) is 2.47. The van der Waals surface area contributed by atoms with Crippen LogP contribution in [0.15, 0.2) is 29.2 Å². The Morgan fingerprint density at radius 2 is 1.54 bits per heavy atom. The number of amides is 1. The molecule has 6 heteroatoms. The minimum Gasteiger partial charge on any atom is -0.326 e. The lowest BCUT2D eigenvalue weighted by Gasteiger charge is -2.21. The van der Waals surface area contributed by atoms with Gasteiger partial charge in [0.2, 0.25) is 15.9 Å². The highest BCUT2D eigenvalue weighted by atomic mass is 32.2. The van der Waals surface area contributed by atoms with Gasteiger partial charge >= 0.3 is 0 Å². The van der Waals surface area contributed by atoms with Crippen LogP contribution in [0.3, 0.4) is 0 Å². The predicted octanol–water partition coefficient (Wildman–Crippen LogP) is 4.02. The van der Waals surface area contributed by atoms with Crippen LogP contribution in [0.2, 0.25) is 0 Å². The van der Waals surface area contributed by atoms with E-state index in [2.05, 4.69) is 12.2 Å². The number of benzene rings is 1. The fourth-order valence-corrected chi connectivity index (χ4v) is 4.09. The van der Waals surface area contributed by atoms with Crippen LogP contribution in [-0.2, 0) is 14.8 Å². The molecule has 0 unspecified atom stereocenters. The minimum absolute atomic E-state index is 0.0300. The molecule has 0 heterocycles. The van der Waals surface area contributed by atoms with Gasteiger partial charge in [-0.25, -0.2) is 8.42 Å². The number of nitrogens with zero attached hydrogens (tertiary/aromatic N) is 1. The van der Waals surface area contributed by atoms with Crippen LogP contribution in [0, 0.1) is 0 Å². The molecule has 0 radical (unpaired) electrons. The number of carbonyl (C=O) groups is 1. The Balaban J connectivity index is 2.76. The van der Waals surface area contributed by atoms with Crippen LogP contribution >= 0.6 is 0 Å². The minimum atomic E-state index is -3.47. The molecule has 0 aliphatic rings. The maximum Gasteiger partial charge on any atom is 0.243 e. The lowest BCUT2D eigenvalue weighted by atomic mass is 10.2. The molecule has 136 valence electrons. The van der Waals surface area contributed by atoms with E-state index in [1.165, 1.54) is 4.31 Å². The zero-order valence-electron chi connectivity index (χ0n) is 15.0. The number of nitrogens with one attached hydrogen (secondary N) is 1. The molecular formula is C18H30N2O3S. The van der Waals surface area contributed by atoms with Gasteiger partial charge in [-0.05, 0) is 43.5 Å². The van der Waals surface area contributed by atoms with Gasteiger partial charge in [0.15, 0.2) is 0 Å². The molecule has 0 bridgehead atoms. The molecule has 24 heavy (non-hydrogen) atoms. The third-order valence-corrected chi connectivity index (χ3v) is 5.64. The second-order valence-corrected chi connectivity index (χ2v) is 7.87. The van der Waals surface area contributed by atoms with Crippen LogP contribution in [-0.4, -0.2) is 31.7 Å². The molecule has 1 rings (SSSR count). The van der Waals surface area contributed by atoms with Crippen molar-refractivity contribution in [2.24, 2.45) is 0 Å². The second kappa shape index (κ2) is 10.5. The van der Waals surface area contributed by atoms with Gasteiger partial charge in [0.25, 0.3) is 0 Å². The van der Waals surface area contributed by atoms with Gasteiger partial charge in [-0.1, -0.05) is 33.6 Å². The van der Waals surface area contributed by atoms with Crippen LogP contribution in [0.25, 0.3) is 0 Å². The smallest absolute Gasteiger partial charge is 0.243 e. The van der Waals surface area contributed by atoms with E-state index in [-0.39, 0.29) is 10.8 Å². The number of rotatable bonds is 11. The van der Waals surface area contributed by atoms with Gasteiger partial charge in [0, 0.05) is 25.2 Å². The van der Waals surface area contributed by atoms with Gasteiger partial charge in [-0.3, -0.25) is 4.79 Å². The summed E-state index contributed by atoms with van der Waals surface area (Å²) in [7, 11) is -3.47. The first-order valence-corrected chi connectivity index (χ1v) is 10.3. The number of hydrogen-bond donors (Lipinski definition) is 1. The van der Waals surface area contributed by atoms with E-state index in [4.69, 9.17) is 0 Å². The molecule has 1 N–H and O–H groups in total. The summed E-state index contributed by atoms with van der Waals surface area (Å²) in [5.41, 5.74) is 0.632. The summed E-state index contributed by atoms with van der Waals surface area (Å²) in [6, 6.07) is 6.44. The summed E-state index contributed by atoms with van der Waals surface area (Å²) in [6.07, 6.45) is 5.05. The van der Waals surface area contributed by atoms with Crippen molar-refractivity contribution in [3.8, 4) is 0 Å². The normalized spacial score (nSPS) is 11.7. The summed E-state index contributed by atoms with van der Waals surface area (Å²) >= 11 is 0. The summed E-state index contributed by atoms with van der Waals surface area (Å²) < 4.78 is 26.8. The van der Waals surface area contributed by atoms with Crippen molar-refractivity contribution < 1.29 is 13.2 Å². The Morgan fingerprint density at radius 1 is 0.958 bits per heavy atom. The average molecular weight is 355 g/mol. The van der Waals surface area contributed by atoms with E-state index >= 15 is 0 Å². The molecule has 0 saturated heterocycles. The van der Waals surface area contributed by atoms with E-state index in [0.717, 1.165) is 32.1 Å². The first-order valence-electron chi connectivity index (χ1n) is 8.85. The van der Waals surface area contributed by atoms with Crippen molar-refractivity contribution in [3.05, 3.63) is 24.3 Å². The van der Waals surface area contributed by atoms with Crippen molar-refractivity contribution in [3.63, 3.8) is 0 Å². The average Bonchev–Trinajstić information content (AvgIpc) is 2.55. The van der Waals surface area contributed by atoms with E-state index in [9.17, 15) is 13.2 Å². The number of sulfonamides is 1. The van der Waals surface area contributed by atoms with Crippen molar-refractivity contribution >= 4 is 21.6 Å². The van der Waals surface area contributed by atoms with Crippen LogP contribution in [0.5, 0.6) is 0 Å². The second-order valence-electron chi connectivity index (χ2n) is 5.93. The van der Waals surface area contributed by atoms with Crippen molar-refractivity contribution in [1.29, 1.82) is 0 Å². The Kier molecular flexibility index (Phi) is 9.00. The van der Waals surface area contributed by atoms with Crippen LogP contribution in [0.1, 0.15) is 59.3 Å². The van der Waals surface area contributed by atoms with Gasteiger partial charge in [-0.15, -0.1) is 0 Å². The molecule has 0 aliphatic heterocycles. The monoisotopic (exact) mass is 354 g/mol. The summed E-state index contributed by atoms with van der Waals surface area (Å²) in [4.78, 5) is 12.1. The number of hydrogen-bond acceptors (Lipinski definition) is 3. The van der Waals surface area contributed by atoms with Crippen LogP contribution < -0.4 is 5.32 Å². The molecule has 1 aromatic carbocycles. The summed E-state index contributed by atoms with van der Waals surface area (Å²) in [6.45, 7) is 7.07. The first-order chi connectivity index (χ1) is 11.5. The Labute approximate surface area is 146 Å². The zero-order chi connectivity index (χ0) is 18.0. The van der Waals surface area contributed by atoms with Crippen molar-refractivity contribution in [1.82, 2.24) is 4.31 Å². The Hall–Kier alpha value is -1.40. The number of unbranched alkanes of at least 4 members (excludes halogenated alkanes) is 2. The molecule has 0 aliphatic carbocycles. The lowest BCUT2D eigenvalue weighted by molar-refractivity contribution is -0.116. The maximum atomic E-state index is 12.7. The van der Waals surface area contributed by atoms with Gasteiger partial charge in [0.1, 0.15) is 0 Å². The topological polar surface area (TPSA) is 66.5 Å². The molecule has 0 saturated carbocycles. The first kappa shape index (κ1) is 20.6. The summed E-state index contributed by atoms with van der Waals surface area (Å²) in [5, 5.41) is 2.81. The number of anilines is 1.